The lowest BCUT2D eigenvalue weighted by molar-refractivity contribution is -0.129. The van der Waals surface area contributed by atoms with Crippen LogP contribution in [-0.4, -0.2) is 36.5 Å². The van der Waals surface area contributed by atoms with Gasteiger partial charge in [0.15, 0.2) is 0 Å². The van der Waals surface area contributed by atoms with Gasteiger partial charge in [0.25, 0.3) is 0 Å². The van der Waals surface area contributed by atoms with E-state index in [9.17, 15) is 4.79 Å². The summed E-state index contributed by atoms with van der Waals surface area (Å²) in [6, 6.07) is 8.92. The minimum absolute atomic E-state index is 0.301. The number of carbonyl (C=O) groups is 1. The smallest absolute Gasteiger partial charge is 0.242 e. The molecule has 1 aromatic rings. The summed E-state index contributed by atoms with van der Waals surface area (Å²) in [6.45, 7) is 4.65. The number of hydrogen-bond acceptors (Lipinski definition) is 2. The molecular formula is C17H24N2O. The predicted octanol–water partition coefficient (Wildman–Crippen LogP) is 2.84. The van der Waals surface area contributed by atoms with E-state index in [0.717, 1.165) is 32.4 Å². The molecule has 3 heteroatoms. The van der Waals surface area contributed by atoms with Crippen molar-refractivity contribution in [2.24, 2.45) is 0 Å². The molecule has 0 aromatic heterocycles. The van der Waals surface area contributed by atoms with Crippen LogP contribution in [-0.2, 0) is 11.2 Å². The van der Waals surface area contributed by atoms with E-state index in [1.807, 2.05) is 0 Å². The Morgan fingerprint density at radius 2 is 1.85 bits per heavy atom. The van der Waals surface area contributed by atoms with Crippen molar-refractivity contribution < 1.29 is 4.79 Å². The number of carbonyl (C=O) groups excluding carboxylic acids is 1. The Labute approximate surface area is 121 Å². The fourth-order valence-electron chi connectivity index (χ4n) is 3.44. The average Bonchev–Trinajstić information content (AvgIpc) is 2.66. The number of amides is 1. The van der Waals surface area contributed by atoms with Crippen molar-refractivity contribution in [2.45, 2.75) is 45.1 Å². The molecular weight excluding hydrogens is 248 g/mol. The molecule has 2 aliphatic heterocycles. The lowest BCUT2D eigenvalue weighted by atomic mass is 10.1. The quantitative estimate of drug-likeness (QED) is 0.826. The monoisotopic (exact) mass is 272 g/mol. The first-order chi connectivity index (χ1) is 9.75. The maximum atomic E-state index is 12.5. The van der Waals surface area contributed by atoms with Crippen molar-refractivity contribution in [3.63, 3.8) is 0 Å². The maximum absolute atomic E-state index is 12.5. The van der Waals surface area contributed by atoms with E-state index in [1.54, 1.807) is 0 Å². The molecule has 20 heavy (non-hydrogen) atoms. The maximum Gasteiger partial charge on any atom is 0.242 e. The van der Waals surface area contributed by atoms with E-state index < -0.39 is 0 Å². The Hall–Kier alpha value is -1.51. The molecule has 1 unspecified atom stereocenters. The van der Waals surface area contributed by atoms with Gasteiger partial charge in [-0.05, 0) is 37.8 Å². The standard InChI is InChI=1S/C17H24N2O/c1-14-12-15-8-4-5-9-16(15)19(14)13-17(20)18-10-6-2-3-7-11-18/h4-5,8-9,14H,2-3,6-7,10-13H2,1H3. The zero-order valence-corrected chi connectivity index (χ0v) is 12.3. The summed E-state index contributed by atoms with van der Waals surface area (Å²) in [5.41, 5.74) is 2.63. The highest BCUT2D eigenvalue weighted by Crippen LogP contribution is 2.31. The summed E-state index contributed by atoms with van der Waals surface area (Å²) in [5.74, 6) is 0.301. The van der Waals surface area contributed by atoms with Crippen molar-refractivity contribution in [3.05, 3.63) is 29.8 Å². The van der Waals surface area contributed by atoms with Crippen molar-refractivity contribution in [2.75, 3.05) is 24.5 Å². The van der Waals surface area contributed by atoms with Gasteiger partial charge in [0.05, 0.1) is 6.54 Å². The fraction of sp³-hybridized carbons (Fsp3) is 0.588. The number of likely N-dealkylation sites (tertiary alicyclic amines) is 1. The first-order valence-corrected chi connectivity index (χ1v) is 7.88. The number of fused-ring (bicyclic) bond motifs is 1. The highest BCUT2D eigenvalue weighted by Gasteiger charge is 2.28. The Kier molecular flexibility index (Phi) is 3.95. The Morgan fingerprint density at radius 3 is 2.60 bits per heavy atom. The average molecular weight is 272 g/mol. The van der Waals surface area contributed by atoms with Crippen LogP contribution >= 0.6 is 0 Å². The van der Waals surface area contributed by atoms with Gasteiger partial charge in [-0.25, -0.2) is 0 Å². The zero-order valence-electron chi connectivity index (χ0n) is 12.3. The fourth-order valence-corrected chi connectivity index (χ4v) is 3.44. The van der Waals surface area contributed by atoms with Crippen LogP contribution in [0.3, 0.4) is 0 Å². The van der Waals surface area contributed by atoms with E-state index in [0.29, 0.717) is 18.5 Å². The van der Waals surface area contributed by atoms with E-state index in [1.165, 1.54) is 24.1 Å². The molecule has 0 N–H and O–H groups in total. The summed E-state index contributed by atoms with van der Waals surface area (Å²) in [6.07, 6.45) is 5.93. The van der Waals surface area contributed by atoms with Crippen molar-refractivity contribution >= 4 is 11.6 Å². The molecule has 0 spiro atoms. The van der Waals surface area contributed by atoms with Crippen LogP contribution in [0, 0.1) is 0 Å². The van der Waals surface area contributed by atoms with Gasteiger partial charge in [-0.15, -0.1) is 0 Å². The lowest BCUT2D eigenvalue weighted by Gasteiger charge is -2.28. The second-order valence-corrected chi connectivity index (χ2v) is 6.10. The normalized spacial score (nSPS) is 22.6. The molecule has 3 rings (SSSR count). The molecule has 0 saturated carbocycles. The molecule has 3 nitrogen and oxygen atoms in total. The lowest BCUT2D eigenvalue weighted by Crippen LogP contribution is -2.42. The van der Waals surface area contributed by atoms with Gasteiger partial charge in [-0.3, -0.25) is 4.79 Å². The van der Waals surface area contributed by atoms with Gasteiger partial charge in [-0.2, -0.15) is 0 Å². The van der Waals surface area contributed by atoms with Crippen LogP contribution in [0.4, 0.5) is 5.69 Å². The van der Waals surface area contributed by atoms with Crippen LogP contribution in [0.25, 0.3) is 0 Å². The molecule has 1 aromatic carbocycles. The van der Waals surface area contributed by atoms with E-state index in [-0.39, 0.29) is 0 Å². The van der Waals surface area contributed by atoms with Gasteiger partial charge in [-0.1, -0.05) is 31.0 Å². The molecule has 1 fully saturated rings. The Morgan fingerprint density at radius 1 is 1.15 bits per heavy atom. The highest BCUT2D eigenvalue weighted by atomic mass is 16.2. The Bertz CT molecular complexity index is 478. The van der Waals surface area contributed by atoms with Crippen LogP contribution in [0.2, 0.25) is 0 Å². The molecule has 0 bridgehead atoms. The number of para-hydroxylation sites is 1. The first kappa shape index (κ1) is 13.5. The summed E-state index contributed by atoms with van der Waals surface area (Å²) < 4.78 is 0. The van der Waals surface area contributed by atoms with Crippen LogP contribution in [0.5, 0.6) is 0 Å². The van der Waals surface area contributed by atoms with Crippen LogP contribution < -0.4 is 4.90 Å². The summed E-state index contributed by atoms with van der Waals surface area (Å²) in [7, 11) is 0. The van der Waals surface area contributed by atoms with E-state index >= 15 is 0 Å². The zero-order chi connectivity index (χ0) is 13.9. The van der Waals surface area contributed by atoms with Crippen molar-refractivity contribution in [1.82, 2.24) is 4.90 Å². The van der Waals surface area contributed by atoms with Gasteiger partial charge < -0.3 is 9.80 Å². The van der Waals surface area contributed by atoms with Gasteiger partial charge in [0.2, 0.25) is 5.91 Å². The minimum atomic E-state index is 0.301. The number of benzene rings is 1. The molecule has 0 radical (unpaired) electrons. The van der Waals surface area contributed by atoms with Crippen molar-refractivity contribution in [1.29, 1.82) is 0 Å². The third-order valence-corrected chi connectivity index (χ3v) is 4.61. The number of nitrogens with zero attached hydrogens (tertiary/aromatic N) is 2. The Balaban J connectivity index is 1.69. The molecule has 2 aliphatic rings. The van der Waals surface area contributed by atoms with Gasteiger partial charge in [0.1, 0.15) is 0 Å². The first-order valence-electron chi connectivity index (χ1n) is 7.88. The second-order valence-electron chi connectivity index (χ2n) is 6.10. The van der Waals surface area contributed by atoms with E-state index in [2.05, 4.69) is 41.0 Å². The molecule has 2 heterocycles. The van der Waals surface area contributed by atoms with Crippen LogP contribution in [0.1, 0.15) is 38.2 Å². The number of anilines is 1. The molecule has 1 atom stereocenters. The third-order valence-electron chi connectivity index (χ3n) is 4.61. The van der Waals surface area contributed by atoms with Crippen molar-refractivity contribution in [3.8, 4) is 0 Å². The summed E-state index contributed by atoms with van der Waals surface area (Å²) in [4.78, 5) is 16.9. The largest absolute Gasteiger partial charge is 0.359 e. The molecule has 0 aliphatic carbocycles. The SMILES string of the molecule is CC1Cc2ccccc2N1CC(=O)N1CCCCCC1. The third kappa shape index (κ3) is 2.67. The molecule has 108 valence electrons. The minimum Gasteiger partial charge on any atom is -0.359 e. The topological polar surface area (TPSA) is 23.6 Å². The molecule has 1 amide bonds. The van der Waals surface area contributed by atoms with Gasteiger partial charge >= 0.3 is 0 Å². The van der Waals surface area contributed by atoms with Gasteiger partial charge in [0, 0.05) is 24.8 Å². The summed E-state index contributed by atoms with van der Waals surface area (Å²) >= 11 is 0. The summed E-state index contributed by atoms with van der Waals surface area (Å²) in [5, 5.41) is 0. The van der Waals surface area contributed by atoms with Crippen LogP contribution in [0.15, 0.2) is 24.3 Å². The predicted molar refractivity (Wildman–Crippen MR) is 82.0 cm³/mol. The number of rotatable bonds is 2. The van der Waals surface area contributed by atoms with E-state index in [4.69, 9.17) is 0 Å². The number of hydrogen-bond donors (Lipinski definition) is 0. The molecule has 1 saturated heterocycles. The second kappa shape index (κ2) is 5.86. The highest BCUT2D eigenvalue weighted by molar-refractivity contribution is 5.82.